The van der Waals surface area contributed by atoms with E-state index in [0.29, 0.717) is 12.3 Å². The molecule has 14 heavy (non-hydrogen) atoms. The number of aromatic hydroxyl groups is 1. The largest absolute Gasteiger partial charge is 0.508 e. The summed E-state index contributed by atoms with van der Waals surface area (Å²) >= 11 is 0. The second kappa shape index (κ2) is 3.35. The van der Waals surface area contributed by atoms with E-state index in [-0.39, 0.29) is 0 Å². The van der Waals surface area contributed by atoms with Crippen molar-refractivity contribution in [2.45, 2.75) is 6.54 Å². The average molecular weight is 191 g/mol. The highest BCUT2D eigenvalue weighted by Crippen LogP contribution is 2.28. The van der Waals surface area contributed by atoms with Crippen LogP contribution < -0.4 is 0 Å². The summed E-state index contributed by atoms with van der Waals surface area (Å²) in [6, 6.07) is 5.34. The molecule has 0 aliphatic carbocycles. The molecule has 0 amide bonds. The second-order valence-electron chi connectivity index (χ2n) is 3.63. The molecule has 0 spiro atoms. The van der Waals surface area contributed by atoms with Gasteiger partial charge < -0.3 is 14.4 Å². The van der Waals surface area contributed by atoms with Crippen LogP contribution in [0.3, 0.4) is 0 Å². The molecule has 2 rings (SSSR count). The Labute approximate surface area is 82.6 Å². The van der Waals surface area contributed by atoms with Crippen LogP contribution in [0.1, 0.15) is 5.56 Å². The van der Waals surface area contributed by atoms with Crippen molar-refractivity contribution in [2.24, 2.45) is 0 Å². The van der Waals surface area contributed by atoms with Gasteiger partial charge in [0.05, 0.1) is 6.26 Å². The van der Waals surface area contributed by atoms with Gasteiger partial charge in [-0.3, -0.25) is 0 Å². The molecule has 74 valence electrons. The van der Waals surface area contributed by atoms with Gasteiger partial charge in [0.2, 0.25) is 0 Å². The van der Waals surface area contributed by atoms with Gasteiger partial charge in [0.15, 0.2) is 0 Å². The van der Waals surface area contributed by atoms with E-state index in [4.69, 9.17) is 4.42 Å². The first-order valence-electron chi connectivity index (χ1n) is 4.51. The van der Waals surface area contributed by atoms with Crippen LogP contribution in [0.4, 0.5) is 0 Å². The van der Waals surface area contributed by atoms with E-state index in [2.05, 4.69) is 0 Å². The standard InChI is InChI=1S/C11H13NO2/c1-12(2)7-9-8-5-6-14-11(8)4-3-10(9)13/h3-6,13H,7H2,1-2H3. The van der Waals surface area contributed by atoms with Crippen LogP contribution in [0.25, 0.3) is 11.0 Å². The molecule has 0 saturated carbocycles. The van der Waals surface area contributed by atoms with Crippen molar-refractivity contribution in [2.75, 3.05) is 14.1 Å². The Hall–Kier alpha value is -1.48. The van der Waals surface area contributed by atoms with Gasteiger partial charge in [-0.2, -0.15) is 0 Å². The lowest BCUT2D eigenvalue weighted by Gasteiger charge is -2.11. The summed E-state index contributed by atoms with van der Waals surface area (Å²) in [6.07, 6.45) is 1.64. The van der Waals surface area contributed by atoms with Gasteiger partial charge >= 0.3 is 0 Å². The first kappa shape index (κ1) is 9.09. The molecule has 0 saturated heterocycles. The molecular weight excluding hydrogens is 178 g/mol. The zero-order valence-corrected chi connectivity index (χ0v) is 8.32. The molecule has 0 aliphatic heterocycles. The molecular formula is C11H13NO2. The number of rotatable bonds is 2. The number of phenols is 1. The highest BCUT2D eigenvalue weighted by Gasteiger charge is 2.09. The molecule has 3 nitrogen and oxygen atoms in total. The van der Waals surface area contributed by atoms with Crippen molar-refractivity contribution in [3.8, 4) is 5.75 Å². The lowest BCUT2D eigenvalue weighted by Crippen LogP contribution is -2.10. The number of hydrogen-bond acceptors (Lipinski definition) is 3. The Kier molecular flexibility index (Phi) is 2.17. The highest BCUT2D eigenvalue weighted by atomic mass is 16.3. The summed E-state index contributed by atoms with van der Waals surface area (Å²) in [4.78, 5) is 2.02. The van der Waals surface area contributed by atoms with Crippen molar-refractivity contribution < 1.29 is 9.52 Å². The van der Waals surface area contributed by atoms with Crippen LogP contribution in [0.15, 0.2) is 28.9 Å². The third-order valence-corrected chi connectivity index (χ3v) is 2.20. The fraction of sp³-hybridized carbons (Fsp3) is 0.273. The van der Waals surface area contributed by atoms with Gasteiger partial charge in [0.25, 0.3) is 0 Å². The quantitative estimate of drug-likeness (QED) is 0.790. The maximum Gasteiger partial charge on any atom is 0.134 e. The van der Waals surface area contributed by atoms with Crippen LogP contribution in [-0.4, -0.2) is 24.1 Å². The summed E-state index contributed by atoms with van der Waals surface area (Å²) < 4.78 is 5.27. The van der Waals surface area contributed by atoms with Crippen LogP contribution in [0.5, 0.6) is 5.75 Å². The molecule has 1 N–H and O–H groups in total. The first-order valence-corrected chi connectivity index (χ1v) is 4.51. The van der Waals surface area contributed by atoms with E-state index in [1.807, 2.05) is 25.1 Å². The number of hydrogen-bond donors (Lipinski definition) is 1. The van der Waals surface area contributed by atoms with Crippen molar-refractivity contribution >= 4 is 11.0 Å². The van der Waals surface area contributed by atoms with E-state index in [9.17, 15) is 5.11 Å². The number of furan rings is 1. The third-order valence-electron chi connectivity index (χ3n) is 2.20. The van der Waals surface area contributed by atoms with Crippen molar-refractivity contribution in [1.29, 1.82) is 0 Å². The minimum Gasteiger partial charge on any atom is -0.508 e. The van der Waals surface area contributed by atoms with Gasteiger partial charge in [-0.25, -0.2) is 0 Å². The Balaban J connectivity index is 2.58. The highest BCUT2D eigenvalue weighted by molar-refractivity contribution is 5.83. The molecule has 0 atom stereocenters. The number of benzene rings is 1. The Morgan fingerprint density at radius 3 is 2.79 bits per heavy atom. The second-order valence-corrected chi connectivity index (χ2v) is 3.63. The lowest BCUT2D eigenvalue weighted by atomic mass is 10.1. The van der Waals surface area contributed by atoms with Crippen LogP contribution in [0, 0.1) is 0 Å². The maximum absolute atomic E-state index is 9.71. The molecule has 0 radical (unpaired) electrons. The lowest BCUT2D eigenvalue weighted by molar-refractivity contribution is 0.388. The van der Waals surface area contributed by atoms with E-state index in [1.54, 1.807) is 18.4 Å². The Morgan fingerprint density at radius 1 is 1.29 bits per heavy atom. The van der Waals surface area contributed by atoms with Crippen molar-refractivity contribution in [3.05, 3.63) is 30.0 Å². The van der Waals surface area contributed by atoms with Gasteiger partial charge in [-0.1, -0.05) is 0 Å². The van der Waals surface area contributed by atoms with Gasteiger partial charge in [0, 0.05) is 17.5 Å². The van der Waals surface area contributed by atoms with Crippen molar-refractivity contribution in [3.63, 3.8) is 0 Å². The van der Waals surface area contributed by atoms with Crippen LogP contribution in [-0.2, 0) is 6.54 Å². The third kappa shape index (κ3) is 1.46. The molecule has 3 heteroatoms. The molecule has 0 unspecified atom stereocenters. The summed E-state index contributed by atoms with van der Waals surface area (Å²) in [7, 11) is 3.94. The van der Waals surface area contributed by atoms with Gasteiger partial charge in [0.1, 0.15) is 11.3 Å². The fourth-order valence-electron chi connectivity index (χ4n) is 1.57. The zero-order valence-electron chi connectivity index (χ0n) is 8.32. The minimum atomic E-state index is 0.326. The monoisotopic (exact) mass is 191 g/mol. The maximum atomic E-state index is 9.71. The van der Waals surface area contributed by atoms with Crippen LogP contribution in [0.2, 0.25) is 0 Å². The van der Waals surface area contributed by atoms with Crippen LogP contribution >= 0.6 is 0 Å². The fourth-order valence-corrected chi connectivity index (χ4v) is 1.57. The molecule has 1 heterocycles. The SMILES string of the molecule is CN(C)Cc1c(O)ccc2occc12. The Bertz CT molecular complexity index is 445. The predicted molar refractivity (Wildman–Crippen MR) is 55.3 cm³/mol. The van der Waals surface area contributed by atoms with Crippen molar-refractivity contribution in [1.82, 2.24) is 4.90 Å². The minimum absolute atomic E-state index is 0.326. The summed E-state index contributed by atoms with van der Waals surface area (Å²) in [5.74, 6) is 0.326. The molecule has 0 aliphatic rings. The van der Waals surface area contributed by atoms with E-state index < -0.39 is 0 Å². The molecule has 2 aromatic rings. The Morgan fingerprint density at radius 2 is 2.07 bits per heavy atom. The smallest absolute Gasteiger partial charge is 0.134 e. The topological polar surface area (TPSA) is 36.6 Å². The van der Waals surface area contributed by atoms with E-state index in [0.717, 1.165) is 16.5 Å². The molecule has 0 fully saturated rings. The van der Waals surface area contributed by atoms with Gasteiger partial charge in [-0.05, 0) is 32.3 Å². The molecule has 1 aromatic heterocycles. The summed E-state index contributed by atoms with van der Waals surface area (Å²) in [6.45, 7) is 0.711. The zero-order chi connectivity index (χ0) is 10.1. The first-order chi connectivity index (χ1) is 6.68. The summed E-state index contributed by atoms with van der Waals surface area (Å²) in [5, 5.41) is 10.7. The normalized spacial score (nSPS) is 11.4. The average Bonchev–Trinajstić information content (AvgIpc) is 2.57. The number of phenolic OH excluding ortho intramolecular Hbond substituents is 1. The summed E-state index contributed by atoms with van der Waals surface area (Å²) in [5.41, 5.74) is 1.74. The number of nitrogens with zero attached hydrogens (tertiary/aromatic N) is 1. The van der Waals surface area contributed by atoms with E-state index in [1.165, 1.54) is 0 Å². The van der Waals surface area contributed by atoms with Gasteiger partial charge in [-0.15, -0.1) is 0 Å². The van der Waals surface area contributed by atoms with E-state index >= 15 is 0 Å². The molecule has 0 bridgehead atoms. The predicted octanol–water partition coefficient (Wildman–Crippen LogP) is 2.20. The number of fused-ring (bicyclic) bond motifs is 1. The molecule has 1 aromatic carbocycles.